The van der Waals surface area contributed by atoms with Crippen LogP contribution in [0.25, 0.3) is 21.8 Å². The molecule has 122 valence electrons. The molecule has 0 aliphatic carbocycles. The zero-order chi connectivity index (χ0) is 17.2. The summed E-state index contributed by atoms with van der Waals surface area (Å²) in [5.41, 5.74) is 4.83. The average Bonchev–Trinajstić information content (AvgIpc) is 2.64. The van der Waals surface area contributed by atoms with Crippen LogP contribution in [0.5, 0.6) is 0 Å². The molecule has 0 unspecified atom stereocenters. The topological polar surface area (TPSA) is 49.8 Å². The number of pyridine rings is 2. The number of aromatic nitrogens is 2. The number of nitrogens with one attached hydrogen (secondary N) is 2. The SMILES string of the molecule is Cc1ccc(NC(=S)Nc2cc3cccnc3c3ncccc23)cc1. The molecule has 0 aliphatic heterocycles. The summed E-state index contributed by atoms with van der Waals surface area (Å²) < 4.78 is 0. The zero-order valence-corrected chi connectivity index (χ0v) is 14.5. The lowest BCUT2D eigenvalue weighted by atomic mass is 10.1. The van der Waals surface area contributed by atoms with Crippen LogP contribution >= 0.6 is 12.2 Å². The van der Waals surface area contributed by atoms with Gasteiger partial charge in [0, 0.05) is 28.9 Å². The number of rotatable bonds is 2. The third-order valence-corrected chi connectivity index (χ3v) is 4.22. The van der Waals surface area contributed by atoms with Gasteiger partial charge in [-0.3, -0.25) is 9.97 Å². The number of benzene rings is 2. The molecule has 0 saturated carbocycles. The van der Waals surface area contributed by atoms with E-state index >= 15 is 0 Å². The molecular weight excluding hydrogens is 328 g/mol. The maximum absolute atomic E-state index is 5.48. The molecule has 0 saturated heterocycles. The summed E-state index contributed by atoms with van der Waals surface area (Å²) in [5.74, 6) is 0. The van der Waals surface area contributed by atoms with Crippen molar-refractivity contribution in [2.45, 2.75) is 6.92 Å². The van der Waals surface area contributed by atoms with E-state index in [0.29, 0.717) is 5.11 Å². The van der Waals surface area contributed by atoms with E-state index in [1.807, 2.05) is 48.5 Å². The van der Waals surface area contributed by atoms with Crippen LogP contribution in [0.15, 0.2) is 67.0 Å². The second-order valence-corrected chi connectivity index (χ2v) is 6.25. The first kappa shape index (κ1) is 15.5. The molecule has 0 bridgehead atoms. The van der Waals surface area contributed by atoms with Gasteiger partial charge in [0.15, 0.2) is 5.11 Å². The minimum atomic E-state index is 0.539. The van der Waals surface area contributed by atoms with Gasteiger partial charge in [0.2, 0.25) is 0 Å². The molecule has 2 aromatic carbocycles. The minimum absolute atomic E-state index is 0.539. The van der Waals surface area contributed by atoms with E-state index < -0.39 is 0 Å². The van der Waals surface area contributed by atoms with Crippen LogP contribution in [0.3, 0.4) is 0 Å². The van der Waals surface area contributed by atoms with Crippen molar-refractivity contribution in [1.82, 2.24) is 9.97 Å². The van der Waals surface area contributed by atoms with Crippen molar-refractivity contribution in [3.8, 4) is 0 Å². The van der Waals surface area contributed by atoms with Crippen LogP contribution in [0.2, 0.25) is 0 Å². The van der Waals surface area contributed by atoms with E-state index in [4.69, 9.17) is 12.2 Å². The third-order valence-electron chi connectivity index (χ3n) is 4.02. The van der Waals surface area contributed by atoms with E-state index in [-0.39, 0.29) is 0 Å². The number of nitrogens with zero attached hydrogens (tertiary/aromatic N) is 2. The Balaban J connectivity index is 1.70. The predicted octanol–water partition coefficient (Wildman–Crippen LogP) is 4.90. The van der Waals surface area contributed by atoms with Gasteiger partial charge in [-0.25, -0.2) is 0 Å². The molecule has 2 N–H and O–H groups in total. The molecule has 0 aliphatic rings. The lowest BCUT2D eigenvalue weighted by Gasteiger charge is -2.14. The summed E-state index contributed by atoms with van der Waals surface area (Å²) in [5, 5.41) is 9.06. The standard InChI is InChI=1S/C20H16N4S/c1-13-6-8-15(9-7-13)23-20(25)24-17-12-14-4-2-10-21-18(14)19-16(17)5-3-11-22-19/h2-12H,1H3,(H2,23,24,25). The summed E-state index contributed by atoms with van der Waals surface area (Å²) in [6, 6.07) is 18.0. The lowest BCUT2D eigenvalue weighted by Crippen LogP contribution is -2.19. The van der Waals surface area contributed by atoms with Gasteiger partial charge in [-0.05, 0) is 55.5 Å². The normalized spacial score (nSPS) is 10.8. The number of anilines is 2. The summed E-state index contributed by atoms with van der Waals surface area (Å²) in [4.78, 5) is 8.97. The Bertz CT molecular complexity index is 1070. The summed E-state index contributed by atoms with van der Waals surface area (Å²) in [6.45, 7) is 2.06. The first-order valence-electron chi connectivity index (χ1n) is 7.98. The Morgan fingerprint density at radius 2 is 1.60 bits per heavy atom. The summed E-state index contributed by atoms with van der Waals surface area (Å²) in [7, 11) is 0. The van der Waals surface area contributed by atoms with Crippen molar-refractivity contribution >= 4 is 50.5 Å². The fourth-order valence-corrected chi connectivity index (χ4v) is 3.03. The quantitative estimate of drug-likeness (QED) is 0.400. The smallest absolute Gasteiger partial charge is 0.175 e. The highest BCUT2D eigenvalue weighted by molar-refractivity contribution is 7.80. The maximum atomic E-state index is 5.48. The van der Waals surface area contributed by atoms with Crippen LogP contribution in [-0.4, -0.2) is 15.1 Å². The molecule has 5 heteroatoms. The van der Waals surface area contributed by atoms with Crippen molar-refractivity contribution in [3.05, 3.63) is 72.6 Å². The first-order chi connectivity index (χ1) is 12.2. The Kier molecular flexibility index (Phi) is 3.99. The number of hydrogen-bond donors (Lipinski definition) is 2. The van der Waals surface area contributed by atoms with E-state index in [1.165, 1.54) is 5.56 Å². The molecule has 25 heavy (non-hydrogen) atoms. The van der Waals surface area contributed by atoms with Crippen LogP contribution < -0.4 is 10.6 Å². The number of thiocarbonyl (C=S) groups is 1. The van der Waals surface area contributed by atoms with Gasteiger partial charge >= 0.3 is 0 Å². The van der Waals surface area contributed by atoms with Gasteiger partial charge < -0.3 is 10.6 Å². The molecule has 4 aromatic rings. The van der Waals surface area contributed by atoms with Gasteiger partial charge in [-0.15, -0.1) is 0 Å². The number of fused-ring (bicyclic) bond motifs is 3. The number of hydrogen-bond acceptors (Lipinski definition) is 3. The van der Waals surface area contributed by atoms with E-state index in [0.717, 1.165) is 33.2 Å². The van der Waals surface area contributed by atoms with Crippen molar-refractivity contribution in [2.75, 3.05) is 10.6 Å². The van der Waals surface area contributed by atoms with Crippen LogP contribution in [0.1, 0.15) is 5.56 Å². The Morgan fingerprint density at radius 3 is 2.40 bits per heavy atom. The van der Waals surface area contributed by atoms with Crippen molar-refractivity contribution in [2.24, 2.45) is 0 Å². The lowest BCUT2D eigenvalue weighted by molar-refractivity contribution is 1.37. The number of aryl methyl sites for hydroxylation is 1. The molecule has 0 radical (unpaired) electrons. The molecular formula is C20H16N4S. The van der Waals surface area contributed by atoms with E-state index in [2.05, 4.69) is 33.6 Å². The first-order valence-corrected chi connectivity index (χ1v) is 8.39. The highest BCUT2D eigenvalue weighted by Gasteiger charge is 2.09. The molecule has 4 rings (SSSR count). The van der Waals surface area contributed by atoms with Crippen molar-refractivity contribution < 1.29 is 0 Å². The second kappa shape index (κ2) is 6.45. The Labute approximate surface area is 150 Å². The largest absolute Gasteiger partial charge is 0.332 e. The summed E-state index contributed by atoms with van der Waals surface area (Å²) in [6.07, 6.45) is 3.57. The molecule has 0 amide bonds. The van der Waals surface area contributed by atoms with E-state index in [9.17, 15) is 0 Å². The second-order valence-electron chi connectivity index (χ2n) is 5.84. The van der Waals surface area contributed by atoms with E-state index in [1.54, 1.807) is 12.4 Å². The summed E-state index contributed by atoms with van der Waals surface area (Å²) >= 11 is 5.48. The van der Waals surface area contributed by atoms with Crippen LogP contribution in [-0.2, 0) is 0 Å². The fraction of sp³-hybridized carbons (Fsp3) is 0.0500. The van der Waals surface area contributed by atoms with Gasteiger partial charge in [0.1, 0.15) is 0 Å². The predicted molar refractivity (Wildman–Crippen MR) is 108 cm³/mol. The van der Waals surface area contributed by atoms with Crippen LogP contribution in [0.4, 0.5) is 11.4 Å². The zero-order valence-electron chi connectivity index (χ0n) is 13.7. The van der Waals surface area contributed by atoms with Crippen LogP contribution in [0, 0.1) is 6.92 Å². The van der Waals surface area contributed by atoms with Gasteiger partial charge in [-0.2, -0.15) is 0 Å². The molecule has 0 fully saturated rings. The Hall–Kier alpha value is -3.05. The maximum Gasteiger partial charge on any atom is 0.175 e. The average molecular weight is 344 g/mol. The molecule has 2 aromatic heterocycles. The monoisotopic (exact) mass is 344 g/mol. The molecule has 4 nitrogen and oxygen atoms in total. The fourth-order valence-electron chi connectivity index (χ4n) is 2.80. The highest BCUT2D eigenvalue weighted by atomic mass is 32.1. The minimum Gasteiger partial charge on any atom is -0.332 e. The molecule has 0 atom stereocenters. The van der Waals surface area contributed by atoms with Crippen molar-refractivity contribution in [3.63, 3.8) is 0 Å². The van der Waals surface area contributed by atoms with Gasteiger partial charge in [-0.1, -0.05) is 23.8 Å². The Morgan fingerprint density at radius 1 is 0.880 bits per heavy atom. The highest BCUT2D eigenvalue weighted by Crippen LogP contribution is 2.29. The van der Waals surface area contributed by atoms with Gasteiger partial charge in [0.05, 0.1) is 16.7 Å². The molecule has 0 spiro atoms. The third kappa shape index (κ3) is 3.14. The molecule has 2 heterocycles. The van der Waals surface area contributed by atoms with Crippen molar-refractivity contribution in [1.29, 1.82) is 0 Å². The van der Waals surface area contributed by atoms with Gasteiger partial charge in [0.25, 0.3) is 0 Å².